The molecule has 0 unspecified atom stereocenters. The molecule has 2 atom stereocenters. The fourth-order valence-corrected chi connectivity index (χ4v) is 2.78. The zero-order valence-electron chi connectivity index (χ0n) is 13.4. The SMILES string of the molecule is CCC[C@@]1(C)NC(=O)N(C[C@H](O)c2cccc(C(F)(F)F)c2)C1=O. The van der Waals surface area contributed by atoms with Gasteiger partial charge >= 0.3 is 12.2 Å². The van der Waals surface area contributed by atoms with E-state index in [9.17, 15) is 27.9 Å². The van der Waals surface area contributed by atoms with E-state index in [1.54, 1.807) is 6.92 Å². The summed E-state index contributed by atoms with van der Waals surface area (Å²) < 4.78 is 38.2. The molecule has 1 heterocycles. The van der Waals surface area contributed by atoms with Crippen molar-refractivity contribution in [3.63, 3.8) is 0 Å². The van der Waals surface area contributed by atoms with E-state index in [2.05, 4.69) is 5.32 Å². The summed E-state index contributed by atoms with van der Waals surface area (Å²) in [6.45, 7) is 3.06. The monoisotopic (exact) mass is 344 g/mol. The van der Waals surface area contributed by atoms with Crippen LogP contribution >= 0.6 is 0 Å². The van der Waals surface area contributed by atoms with Crippen molar-refractivity contribution in [2.24, 2.45) is 0 Å². The number of aliphatic hydroxyl groups excluding tert-OH is 1. The predicted molar refractivity (Wildman–Crippen MR) is 80.0 cm³/mol. The number of alkyl halides is 3. The van der Waals surface area contributed by atoms with Crippen molar-refractivity contribution in [2.75, 3.05) is 6.54 Å². The van der Waals surface area contributed by atoms with Gasteiger partial charge < -0.3 is 10.4 Å². The first-order valence-corrected chi connectivity index (χ1v) is 7.58. The average Bonchev–Trinajstić information content (AvgIpc) is 2.70. The van der Waals surface area contributed by atoms with Gasteiger partial charge in [-0.15, -0.1) is 0 Å². The number of benzene rings is 1. The molecule has 1 saturated heterocycles. The highest BCUT2D eigenvalue weighted by Crippen LogP contribution is 2.31. The fraction of sp³-hybridized carbons (Fsp3) is 0.500. The van der Waals surface area contributed by atoms with E-state index >= 15 is 0 Å². The molecule has 24 heavy (non-hydrogen) atoms. The lowest BCUT2D eigenvalue weighted by atomic mass is 9.96. The zero-order chi connectivity index (χ0) is 18.1. The van der Waals surface area contributed by atoms with E-state index in [4.69, 9.17) is 0 Å². The maximum atomic E-state index is 12.7. The van der Waals surface area contributed by atoms with Crippen LogP contribution in [-0.2, 0) is 11.0 Å². The fourth-order valence-electron chi connectivity index (χ4n) is 2.78. The Morgan fingerprint density at radius 2 is 2.00 bits per heavy atom. The largest absolute Gasteiger partial charge is 0.416 e. The number of amides is 3. The molecule has 5 nitrogen and oxygen atoms in total. The first kappa shape index (κ1) is 18.3. The second kappa shape index (κ2) is 6.43. The van der Waals surface area contributed by atoms with E-state index in [0.29, 0.717) is 12.8 Å². The third kappa shape index (κ3) is 3.53. The molecule has 2 N–H and O–H groups in total. The van der Waals surface area contributed by atoms with Gasteiger partial charge in [-0.3, -0.25) is 9.69 Å². The van der Waals surface area contributed by atoms with Crippen LogP contribution in [0.5, 0.6) is 0 Å². The van der Waals surface area contributed by atoms with Crippen LogP contribution in [0, 0.1) is 0 Å². The van der Waals surface area contributed by atoms with Crippen molar-refractivity contribution in [3.05, 3.63) is 35.4 Å². The van der Waals surface area contributed by atoms with Gasteiger partial charge in [-0.25, -0.2) is 4.79 Å². The molecule has 0 spiro atoms. The predicted octanol–water partition coefficient (Wildman–Crippen LogP) is 2.85. The summed E-state index contributed by atoms with van der Waals surface area (Å²) in [6.07, 6.45) is -4.82. The topological polar surface area (TPSA) is 69.6 Å². The lowest BCUT2D eigenvalue weighted by Gasteiger charge is -2.22. The van der Waals surface area contributed by atoms with Crippen molar-refractivity contribution >= 4 is 11.9 Å². The van der Waals surface area contributed by atoms with Crippen LogP contribution in [0.3, 0.4) is 0 Å². The molecule has 0 radical (unpaired) electrons. The average molecular weight is 344 g/mol. The van der Waals surface area contributed by atoms with Crippen LogP contribution in [0.15, 0.2) is 24.3 Å². The van der Waals surface area contributed by atoms with Crippen molar-refractivity contribution in [3.8, 4) is 0 Å². The standard InChI is InChI=1S/C16H19F3N2O3/c1-3-7-15(2)13(23)21(14(24)20-15)9-12(22)10-5-4-6-11(8-10)16(17,18)19/h4-6,8,12,22H,3,7,9H2,1-2H3,(H,20,24)/t12-,15+/m0/s1. The van der Waals surface area contributed by atoms with E-state index in [1.807, 2.05) is 6.92 Å². The molecule has 1 fully saturated rings. The highest BCUT2D eigenvalue weighted by atomic mass is 19.4. The Morgan fingerprint density at radius 3 is 2.58 bits per heavy atom. The number of carbonyl (C=O) groups is 2. The summed E-state index contributed by atoms with van der Waals surface area (Å²) in [5.41, 5.74) is -1.94. The highest BCUT2D eigenvalue weighted by Gasteiger charge is 2.47. The molecule has 0 bridgehead atoms. The van der Waals surface area contributed by atoms with E-state index in [0.717, 1.165) is 17.0 Å². The zero-order valence-corrected chi connectivity index (χ0v) is 13.4. The van der Waals surface area contributed by atoms with Gasteiger partial charge in [0.05, 0.1) is 18.2 Å². The van der Waals surface area contributed by atoms with Gasteiger partial charge in [0.25, 0.3) is 5.91 Å². The summed E-state index contributed by atoms with van der Waals surface area (Å²) in [7, 11) is 0. The summed E-state index contributed by atoms with van der Waals surface area (Å²) >= 11 is 0. The maximum absolute atomic E-state index is 12.7. The van der Waals surface area contributed by atoms with Gasteiger partial charge in [-0.2, -0.15) is 13.2 Å². The molecule has 0 saturated carbocycles. The van der Waals surface area contributed by atoms with E-state index < -0.39 is 41.9 Å². The Morgan fingerprint density at radius 1 is 1.33 bits per heavy atom. The van der Waals surface area contributed by atoms with Crippen LogP contribution in [0.25, 0.3) is 0 Å². The second-order valence-corrected chi connectivity index (χ2v) is 6.07. The van der Waals surface area contributed by atoms with Crippen molar-refractivity contribution in [1.82, 2.24) is 10.2 Å². The minimum absolute atomic E-state index is 0.00507. The first-order chi connectivity index (χ1) is 11.1. The Bertz CT molecular complexity index is 648. The molecule has 2 rings (SSSR count). The van der Waals surface area contributed by atoms with Gasteiger partial charge in [-0.05, 0) is 31.0 Å². The third-order valence-electron chi connectivity index (χ3n) is 4.05. The molecule has 1 aromatic carbocycles. The number of rotatable bonds is 5. The number of halogens is 3. The Labute approximate surface area is 137 Å². The second-order valence-electron chi connectivity index (χ2n) is 6.07. The van der Waals surface area contributed by atoms with Gasteiger partial charge in [0.1, 0.15) is 5.54 Å². The van der Waals surface area contributed by atoms with Crippen LogP contribution in [-0.4, -0.2) is 34.0 Å². The summed E-state index contributed by atoms with van der Waals surface area (Å²) in [5, 5.41) is 12.7. The van der Waals surface area contributed by atoms with Gasteiger partial charge in [0.15, 0.2) is 0 Å². The molecular formula is C16H19F3N2O3. The van der Waals surface area contributed by atoms with E-state index in [1.165, 1.54) is 12.1 Å². The molecular weight excluding hydrogens is 325 g/mol. The van der Waals surface area contributed by atoms with Crippen molar-refractivity contribution in [1.29, 1.82) is 0 Å². The number of imide groups is 1. The number of hydrogen-bond acceptors (Lipinski definition) is 3. The normalized spacial score (nSPS) is 22.7. The molecule has 8 heteroatoms. The Balaban J connectivity index is 2.17. The minimum atomic E-state index is -4.53. The maximum Gasteiger partial charge on any atom is 0.416 e. The summed E-state index contributed by atoms with van der Waals surface area (Å²) in [5.74, 6) is -0.486. The van der Waals surface area contributed by atoms with Gasteiger partial charge in [-0.1, -0.05) is 25.5 Å². The molecule has 3 amide bonds. The molecule has 1 aliphatic rings. The number of aliphatic hydroxyl groups is 1. The molecule has 1 aromatic rings. The first-order valence-electron chi connectivity index (χ1n) is 7.58. The van der Waals surface area contributed by atoms with Crippen molar-refractivity contribution in [2.45, 2.75) is 44.5 Å². The number of nitrogens with one attached hydrogen (secondary N) is 1. The van der Waals surface area contributed by atoms with Gasteiger partial charge in [0, 0.05) is 0 Å². The lowest BCUT2D eigenvalue weighted by molar-refractivity contribution is -0.138. The molecule has 132 valence electrons. The van der Waals surface area contributed by atoms with Crippen molar-refractivity contribution < 1.29 is 27.9 Å². The number of carbonyl (C=O) groups excluding carboxylic acids is 2. The molecule has 0 aromatic heterocycles. The van der Waals surface area contributed by atoms with Crippen LogP contribution in [0.4, 0.5) is 18.0 Å². The number of urea groups is 1. The number of nitrogens with zero attached hydrogens (tertiary/aromatic N) is 1. The van der Waals surface area contributed by atoms with Crippen LogP contribution in [0.2, 0.25) is 0 Å². The number of β-amino-alcohol motifs (C(OH)–C–C–N with tert-alkyl or cyclic N) is 1. The lowest BCUT2D eigenvalue weighted by Crippen LogP contribution is -2.44. The van der Waals surface area contributed by atoms with Crippen LogP contribution in [0.1, 0.15) is 43.9 Å². The van der Waals surface area contributed by atoms with Crippen LogP contribution < -0.4 is 5.32 Å². The minimum Gasteiger partial charge on any atom is -0.387 e. The quantitative estimate of drug-likeness (QED) is 0.807. The third-order valence-corrected chi connectivity index (χ3v) is 4.05. The number of hydrogen-bond donors (Lipinski definition) is 2. The van der Waals surface area contributed by atoms with E-state index in [-0.39, 0.29) is 5.56 Å². The Kier molecular flexibility index (Phi) is 4.89. The smallest absolute Gasteiger partial charge is 0.387 e. The summed E-state index contributed by atoms with van der Waals surface area (Å²) in [6, 6.07) is 3.55. The highest BCUT2D eigenvalue weighted by molar-refractivity contribution is 6.06. The molecule has 1 aliphatic heterocycles. The Hall–Kier alpha value is -2.09. The molecule has 0 aliphatic carbocycles. The van der Waals surface area contributed by atoms with Gasteiger partial charge in [0.2, 0.25) is 0 Å². The summed E-state index contributed by atoms with van der Waals surface area (Å²) in [4.78, 5) is 25.2.